The van der Waals surface area contributed by atoms with Crippen LogP contribution in [0.1, 0.15) is 21.2 Å². The molecule has 1 fully saturated rings. The molecular weight excluding hydrogens is 348 g/mol. The Bertz CT molecular complexity index is 833. The maximum absolute atomic E-state index is 12.8. The second-order valence-electron chi connectivity index (χ2n) is 5.61. The fourth-order valence-electron chi connectivity index (χ4n) is 2.84. The van der Waals surface area contributed by atoms with Crippen molar-refractivity contribution in [3.63, 3.8) is 0 Å². The highest BCUT2D eigenvalue weighted by atomic mass is 32.2. The van der Waals surface area contributed by atoms with Crippen LogP contribution in [0, 0.1) is 0 Å². The van der Waals surface area contributed by atoms with Crippen molar-refractivity contribution in [1.82, 2.24) is 4.31 Å². The molecule has 2 N–H and O–H groups in total. The van der Waals surface area contributed by atoms with E-state index in [2.05, 4.69) is 4.74 Å². The van der Waals surface area contributed by atoms with Crippen LogP contribution < -0.4 is 5.73 Å². The van der Waals surface area contributed by atoms with Gasteiger partial charge in [-0.05, 0) is 17.7 Å². The van der Waals surface area contributed by atoms with Crippen molar-refractivity contribution >= 4 is 27.3 Å². The van der Waals surface area contributed by atoms with E-state index >= 15 is 0 Å². The molecule has 3 rings (SSSR count). The van der Waals surface area contributed by atoms with Crippen LogP contribution in [-0.2, 0) is 14.8 Å². The lowest BCUT2D eigenvalue weighted by atomic mass is 9.95. The number of nitrogens with zero attached hydrogens (tertiary/aromatic N) is 1. The van der Waals surface area contributed by atoms with Crippen LogP contribution in [-0.4, -0.2) is 44.9 Å². The van der Waals surface area contributed by atoms with Crippen molar-refractivity contribution < 1.29 is 17.9 Å². The summed E-state index contributed by atoms with van der Waals surface area (Å²) in [5, 5.41) is 0. The number of nitrogens with two attached hydrogens (primary N) is 1. The number of carbonyl (C=O) groups excluding carboxylic acids is 1. The van der Waals surface area contributed by atoms with Crippen LogP contribution in [0.2, 0.25) is 0 Å². The number of hydrogen-bond donors (Lipinski definition) is 1. The third kappa shape index (κ3) is 3.10. The van der Waals surface area contributed by atoms with Crippen molar-refractivity contribution in [2.24, 2.45) is 5.73 Å². The summed E-state index contributed by atoms with van der Waals surface area (Å²) in [6.07, 6.45) is 0. The van der Waals surface area contributed by atoms with Crippen LogP contribution in [0.3, 0.4) is 0 Å². The summed E-state index contributed by atoms with van der Waals surface area (Å²) in [4.78, 5) is 11.8. The molecule has 0 aliphatic carbocycles. The van der Waals surface area contributed by atoms with Crippen LogP contribution in [0.5, 0.6) is 0 Å². The first-order chi connectivity index (χ1) is 11.4. The number of carbonyl (C=O) groups is 1. The number of esters is 1. The first-order valence-corrected chi connectivity index (χ1v) is 9.68. The van der Waals surface area contributed by atoms with Crippen LogP contribution in [0.15, 0.2) is 46.7 Å². The van der Waals surface area contributed by atoms with E-state index < -0.39 is 16.0 Å². The maximum atomic E-state index is 12.8. The van der Waals surface area contributed by atoms with Gasteiger partial charge in [0, 0.05) is 25.0 Å². The van der Waals surface area contributed by atoms with E-state index in [1.807, 2.05) is 30.3 Å². The second-order valence-corrected chi connectivity index (χ2v) is 8.86. The molecule has 0 saturated carbocycles. The van der Waals surface area contributed by atoms with Gasteiger partial charge in [0.2, 0.25) is 0 Å². The van der Waals surface area contributed by atoms with Crippen molar-refractivity contribution in [3.05, 3.63) is 52.9 Å². The Morgan fingerprint density at radius 2 is 1.92 bits per heavy atom. The Hall–Kier alpha value is -1.74. The molecule has 128 valence electrons. The zero-order valence-corrected chi connectivity index (χ0v) is 14.7. The van der Waals surface area contributed by atoms with Gasteiger partial charge in [-0.1, -0.05) is 30.3 Å². The SMILES string of the molecule is COC(=O)c1ccc(S(=O)(=O)N2C[C@@H](N)[C@H](c3ccccc3)C2)s1. The Kier molecular flexibility index (Phi) is 4.73. The molecule has 0 amide bonds. The molecule has 1 aromatic carbocycles. The predicted molar refractivity (Wildman–Crippen MR) is 91.6 cm³/mol. The standard InChI is InChI=1S/C16H18N2O4S2/c1-22-16(19)14-7-8-15(23-14)24(20,21)18-9-12(13(17)10-18)11-5-3-2-4-6-11/h2-8,12-13H,9-10,17H2,1H3/t12-,13+/m0/s1. The molecule has 1 saturated heterocycles. The van der Waals surface area contributed by atoms with Gasteiger partial charge < -0.3 is 10.5 Å². The van der Waals surface area contributed by atoms with Crippen molar-refractivity contribution in [2.75, 3.05) is 20.2 Å². The average molecular weight is 366 g/mol. The fourth-order valence-corrected chi connectivity index (χ4v) is 5.72. The number of sulfonamides is 1. The number of methoxy groups -OCH3 is 1. The molecule has 0 radical (unpaired) electrons. The highest BCUT2D eigenvalue weighted by Crippen LogP contribution is 2.32. The fraction of sp³-hybridized carbons (Fsp3) is 0.312. The quantitative estimate of drug-likeness (QED) is 0.831. The van der Waals surface area contributed by atoms with Crippen LogP contribution in [0.25, 0.3) is 0 Å². The minimum atomic E-state index is -3.67. The average Bonchev–Trinajstić information content (AvgIpc) is 3.22. The summed E-state index contributed by atoms with van der Waals surface area (Å²) in [7, 11) is -2.41. The van der Waals surface area contributed by atoms with E-state index in [4.69, 9.17) is 5.73 Å². The van der Waals surface area contributed by atoms with E-state index in [1.165, 1.54) is 23.5 Å². The second kappa shape index (κ2) is 6.64. The third-order valence-electron chi connectivity index (χ3n) is 4.12. The predicted octanol–water partition coefficient (Wildman–Crippen LogP) is 1.65. The van der Waals surface area contributed by atoms with Gasteiger partial charge in [-0.3, -0.25) is 0 Å². The lowest BCUT2D eigenvalue weighted by Crippen LogP contribution is -2.31. The third-order valence-corrected chi connectivity index (χ3v) is 7.49. The van der Waals surface area contributed by atoms with Crippen molar-refractivity contribution in [3.8, 4) is 0 Å². The van der Waals surface area contributed by atoms with Gasteiger partial charge in [-0.25, -0.2) is 13.2 Å². The lowest BCUT2D eigenvalue weighted by molar-refractivity contribution is 0.0606. The minimum Gasteiger partial charge on any atom is -0.465 e. The summed E-state index contributed by atoms with van der Waals surface area (Å²) >= 11 is 0.913. The van der Waals surface area contributed by atoms with E-state index in [0.717, 1.165) is 16.9 Å². The molecule has 2 aromatic rings. The van der Waals surface area contributed by atoms with Crippen LogP contribution >= 0.6 is 11.3 Å². The lowest BCUT2D eigenvalue weighted by Gasteiger charge is -2.15. The number of hydrogen-bond acceptors (Lipinski definition) is 6. The van der Waals surface area contributed by atoms with Gasteiger partial charge in [0.05, 0.1) is 7.11 Å². The summed E-state index contributed by atoms with van der Waals surface area (Å²) < 4.78 is 31.8. The minimum absolute atomic E-state index is 0.0407. The molecule has 24 heavy (non-hydrogen) atoms. The van der Waals surface area contributed by atoms with E-state index in [9.17, 15) is 13.2 Å². The van der Waals surface area contributed by atoms with Gasteiger partial charge in [-0.2, -0.15) is 4.31 Å². The molecule has 2 atom stereocenters. The maximum Gasteiger partial charge on any atom is 0.348 e. The Morgan fingerprint density at radius 3 is 2.58 bits per heavy atom. The highest BCUT2D eigenvalue weighted by molar-refractivity contribution is 7.91. The molecule has 1 aliphatic rings. The molecular formula is C16H18N2O4S2. The molecule has 0 unspecified atom stereocenters. The molecule has 6 nitrogen and oxygen atoms in total. The number of benzene rings is 1. The molecule has 1 aromatic heterocycles. The van der Waals surface area contributed by atoms with Crippen molar-refractivity contribution in [2.45, 2.75) is 16.2 Å². The summed E-state index contributed by atoms with van der Waals surface area (Å²) in [6.45, 7) is 0.590. The smallest absolute Gasteiger partial charge is 0.348 e. The summed E-state index contributed by atoms with van der Waals surface area (Å²) in [6, 6.07) is 12.3. The summed E-state index contributed by atoms with van der Waals surface area (Å²) in [5.74, 6) is -0.581. The normalized spacial score (nSPS) is 21.8. The van der Waals surface area contributed by atoms with E-state index in [0.29, 0.717) is 6.54 Å². The molecule has 2 heterocycles. The molecule has 0 spiro atoms. The van der Waals surface area contributed by atoms with E-state index in [1.54, 1.807) is 0 Å². The first-order valence-electron chi connectivity index (χ1n) is 7.42. The van der Waals surface area contributed by atoms with Gasteiger partial charge in [-0.15, -0.1) is 11.3 Å². The number of rotatable bonds is 4. The topological polar surface area (TPSA) is 89.7 Å². The molecule has 1 aliphatic heterocycles. The van der Waals surface area contributed by atoms with Crippen molar-refractivity contribution in [1.29, 1.82) is 0 Å². The Labute approximate surface area is 144 Å². The van der Waals surface area contributed by atoms with Gasteiger partial charge in [0.25, 0.3) is 10.0 Å². The summed E-state index contributed by atoms with van der Waals surface area (Å²) in [5.41, 5.74) is 7.21. The Balaban J connectivity index is 1.83. The monoisotopic (exact) mass is 366 g/mol. The van der Waals surface area contributed by atoms with Gasteiger partial charge in [0.1, 0.15) is 9.09 Å². The zero-order valence-electron chi connectivity index (χ0n) is 13.1. The van der Waals surface area contributed by atoms with E-state index in [-0.39, 0.29) is 27.6 Å². The largest absolute Gasteiger partial charge is 0.465 e. The zero-order chi connectivity index (χ0) is 17.3. The van der Waals surface area contributed by atoms with Gasteiger partial charge in [0.15, 0.2) is 0 Å². The Morgan fingerprint density at radius 1 is 1.21 bits per heavy atom. The number of ether oxygens (including phenoxy) is 1. The first kappa shape index (κ1) is 17.1. The highest BCUT2D eigenvalue weighted by Gasteiger charge is 2.39. The van der Waals surface area contributed by atoms with Gasteiger partial charge >= 0.3 is 5.97 Å². The number of thiophene rings is 1. The van der Waals surface area contributed by atoms with Crippen LogP contribution in [0.4, 0.5) is 0 Å². The molecule has 0 bridgehead atoms. The molecule has 8 heteroatoms.